The maximum atomic E-state index is 12.8. The summed E-state index contributed by atoms with van der Waals surface area (Å²) in [5.74, 6) is 0.788. The lowest BCUT2D eigenvalue weighted by Gasteiger charge is -2.34. The molecular formula is C19H20ClN5OS2. The van der Waals surface area contributed by atoms with Gasteiger partial charge in [0.05, 0.1) is 4.88 Å². The monoisotopic (exact) mass is 433 g/mol. The molecule has 1 saturated heterocycles. The molecule has 28 heavy (non-hydrogen) atoms. The lowest BCUT2D eigenvalue weighted by atomic mass is 10.2. The molecule has 6 nitrogen and oxygen atoms in total. The Morgan fingerprint density at radius 3 is 2.61 bits per heavy atom. The van der Waals surface area contributed by atoms with Crippen molar-refractivity contribution in [2.45, 2.75) is 13.1 Å². The van der Waals surface area contributed by atoms with Crippen molar-refractivity contribution in [2.75, 3.05) is 26.2 Å². The number of aromatic amines is 1. The van der Waals surface area contributed by atoms with E-state index in [9.17, 15) is 4.79 Å². The van der Waals surface area contributed by atoms with Gasteiger partial charge in [0, 0.05) is 37.7 Å². The normalized spacial score (nSPS) is 15.1. The zero-order valence-corrected chi connectivity index (χ0v) is 17.6. The molecule has 1 amide bonds. The molecule has 0 bridgehead atoms. The first-order valence-electron chi connectivity index (χ1n) is 9.04. The van der Waals surface area contributed by atoms with Gasteiger partial charge in [-0.3, -0.25) is 19.4 Å². The van der Waals surface area contributed by atoms with Crippen molar-refractivity contribution in [3.63, 3.8) is 0 Å². The van der Waals surface area contributed by atoms with Crippen LogP contribution in [0.15, 0.2) is 41.8 Å². The van der Waals surface area contributed by atoms with Gasteiger partial charge in [0.1, 0.15) is 6.54 Å². The molecule has 0 saturated carbocycles. The van der Waals surface area contributed by atoms with Gasteiger partial charge in [-0.25, -0.2) is 0 Å². The van der Waals surface area contributed by atoms with E-state index in [0.717, 1.165) is 35.4 Å². The van der Waals surface area contributed by atoms with Crippen molar-refractivity contribution in [3.05, 3.63) is 57.1 Å². The van der Waals surface area contributed by atoms with Gasteiger partial charge in [-0.2, -0.15) is 5.10 Å². The smallest absolute Gasteiger partial charge is 0.242 e. The standard InChI is InChI=1S/C19H20ClN5OS2/c20-15-5-3-14(4-6-15)12-23-7-9-24(10-8-23)17(26)13-25-18(21-22-19(25)27)16-2-1-11-28-16/h1-6,11H,7-10,12-13H2,(H,22,27). The summed E-state index contributed by atoms with van der Waals surface area (Å²) in [4.78, 5) is 18.1. The molecule has 9 heteroatoms. The lowest BCUT2D eigenvalue weighted by molar-refractivity contribution is -0.133. The second kappa shape index (κ2) is 8.57. The number of rotatable bonds is 5. The van der Waals surface area contributed by atoms with Crippen LogP contribution in [0.3, 0.4) is 0 Å². The van der Waals surface area contributed by atoms with Crippen molar-refractivity contribution in [2.24, 2.45) is 0 Å². The fourth-order valence-corrected chi connectivity index (χ4v) is 4.34. The highest BCUT2D eigenvalue weighted by molar-refractivity contribution is 7.71. The first kappa shape index (κ1) is 19.3. The molecule has 0 radical (unpaired) electrons. The molecule has 1 aliphatic rings. The van der Waals surface area contributed by atoms with Gasteiger partial charge in [-0.1, -0.05) is 29.8 Å². The Labute approximate surface area is 177 Å². The van der Waals surface area contributed by atoms with Crippen LogP contribution in [0, 0.1) is 4.77 Å². The third kappa shape index (κ3) is 4.35. The summed E-state index contributed by atoms with van der Waals surface area (Å²) in [7, 11) is 0. The molecule has 0 unspecified atom stereocenters. The number of amides is 1. The highest BCUT2D eigenvalue weighted by Crippen LogP contribution is 2.23. The van der Waals surface area contributed by atoms with Gasteiger partial charge >= 0.3 is 0 Å². The van der Waals surface area contributed by atoms with Gasteiger partial charge in [-0.05, 0) is 41.4 Å². The SMILES string of the molecule is O=C(Cn1c(-c2cccs2)n[nH]c1=S)N1CCN(Cc2ccc(Cl)cc2)CC1. The van der Waals surface area contributed by atoms with Crippen LogP contribution >= 0.6 is 35.2 Å². The van der Waals surface area contributed by atoms with Gasteiger partial charge in [0.25, 0.3) is 0 Å². The molecule has 1 aliphatic heterocycles. The van der Waals surface area contributed by atoms with Gasteiger partial charge in [-0.15, -0.1) is 11.3 Å². The van der Waals surface area contributed by atoms with Crippen LogP contribution in [-0.4, -0.2) is 56.7 Å². The van der Waals surface area contributed by atoms with Gasteiger partial charge < -0.3 is 4.90 Å². The van der Waals surface area contributed by atoms with Crippen LogP contribution in [0.5, 0.6) is 0 Å². The topological polar surface area (TPSA) is 57.2 Å². The van der Waals surface area contributed by atoms with Crippen LogP contribution in [-0.2, 0) is 17.9 Å². The molecule has 0 aliphatic carbocycles. The number of carbonyl (C=O) groups excluding carboxylic acids is 1. The number of benzene rings is 1. The first-order chi connectivity index (χ1) is 13.6. The van der Waals surface area contributed by atoms with E-state index in [4.69, 9.17) is 23.8 Å². The average molecular weight is 434 g/mol. The molecule has 0 spiro atoms. The quantitative estimate of drug-likeness (QED) is 0.624. The fourth-order valence-electron chi connectivity index (χ4n) is 3.30. The summed E-state index contributed by atoms with van der Waals surface area (Å²) >= 11 is 12.9. The first-order valence-corrected chi connectivity index (χ1v) is 10.7. The van der Waals surface area contributed by atoms with Crippen LogP contribution in [0.4, 0.5) is 0 Å². The Balaban J connectivity index is 1.35. The predicted octanol–water partition coefficient (Wildman–Crippen LogP) is 3.67. The average Bonchev–Trinajstić information content (AvgIpc) is 3.35. The fraction of sp³-hybridized carbons (Fsp3) is 0.316. The number of carbonyl (C=O) groups is 1. The zero-order valence-electron chi connectivity index (χ0n) is 15.2. The number of piperazine rings is 1. The molecular weight excluding hydrogens is 414 g/mol. The number of aromatic nitrogens is 3. The highest BCUT2D eigenvalue weighted by atomic mass is 35.5. The molecule has 0 atom stereocenters. The third-order valence-electron chi connectivity index (χ3n) is 4.84. The van der Waals surface area contributed by atoms with Crippen molar-refractivity contribution >= 4 is 41.1 Å². The second-order valence-electron chi connectivity index (χ2n) is 6.70. The summed E-state index contributed by atoms with van der Waals surface area (Å²) in [6.07, 6.45) is 0. The largest absolute Gasteiger partial charge is 0.339 e. The lowest BCUT2D eigenvalue weighted by Crippen LogP contribution is -2.49. The number of hydrogen-bond acceptors (Lipinski definition) is 5. The van der Waals surface area contributed by atoms with E-state index in [1.54, 1.807) is 15.9 Å². The second-order valence-corrected chi connectivity index (χ2v) is 8.47. The van der Waals surface area contributed by atoms with E-state index in [-0.39, 0.29) is 12.5 Å². The van der Waals surface area contributed by atoms with Crippen LogP contribution in [0.2, 0.25) is 5.02 Å². The Kier molecular flexibility index (Phi) is 5.91. The van der Waals surface area contributed by atoms with Crippen molar-refractivity contribution in [1.82, 2.24) is 24.6 Å². The number of H-pyrrole nitrogens is 1. The van der Waals surface area contributed by atoms with Crippen LogP contribution < -0.4 is 0 Å². The number of thiophene rings is 1. The zero-order chi connectivity index (χ0) is 19.5. The molecule has 1 aromatic carbocycles. The summed E-state index contributed by atoms with van der Waals surface area (Å²) in [6.45, 7) is 4.21. The van der Waals surface area contributed by atoms with Gasteiger partial charge in [0.2, 0.25) is 5.91 Å². The molecule has 3 aromatic rings. The van der Waals surface area contributed by atoms with E-state index in [2.05, 4.69) is 15.1 Å². The number of nitrogens with zero attached hydrogens (tertiary/aromatic N) is 4. The van der Waals surface area contributed by atoms with E-state index < -0.39 is 0 Å². The van der Waals surface area contributed by atoms with E-state index in [1.807, 2.05) is 46.7 Å². The molecule has 2 aromatic heterocycles. The van der Waals surface area contributed by atoms with Crippen molar-refractivity contribution in [3.8, 4) is 10.7 Å². The summed E-state index contributed by atoms with van der Waals surface area (Å²) in [5.41, 5.74) is 1.23. The maximum Gasteiger partial charge on any atom is 0.242 e. The summed E-state index contributed by atoms with van der Waals surface area (Å²) < 4.78 is 2.25. The number of nitrogens with one attached hydrogen (secondary N) is 1. The maximum absolute atomic E-state index is 12.8. The Hall–Kier alpha value is -2.00. The third-order valence-corrected chi connectivity index (χ3v) is 6.27. The number of halogens is 1. The molecule has 1 fully saturated rings. The van der Waals surface area contributed by atoms with Crippen LogP contribution in [0.25, 0.3) is 10.7 Å². The Morgan fingerprint density at radius 1 is 1.18 bits per heavy atom. The molecule has 3 heterocycles. The summed E-state index contributed by atoms with van der Waals surface area (Å²) in [6, 6.07) is 11.9. The Morgan fingerprint density at radius 2 is 1.93 bits per heavy atom. The van der Waals surface area contributed by atoms with Gasteiger partial charge in [0.15, 0.2) is 10.6 Å². The van der Waals surface area contributed by atoms with Crippen molar-refractivity contribution in [1.29, 1.82) is 0 Å². The highest BCUT2D eigenvalue weighted by Gasteiger charge is 2.23. The van der Waals surface area contributed by atoms with E-state index in [0.29, 0.717) is 17.9 Å². The minimum Gasteiger partial charge on any atom is -0.339 e. The van der Waals surface area contributed by atoms with Crippen molar-refractivity contribution < 1.29 is 4.79 Å². The Bertz CT molecular complexity index is 988. The van der Waals surface area contributed by atoms with Crippen LogP contribution in [0.1, 0.15) is 5.56 Å². The molecule has 1 N–H and O–H groups in total. The van der Waals surface area contributed by atoms with E-state index in [1.165, 1.54) is 5.56 Å². The predicted molar refractivity (Wildman–Crippen MR) is 114 cm³/mol. The molecule has 146 valence electrons. The summed E-state index contributed by atoms with van der Waals surface area (Å²) in [5, 5.41) is 9.83. The molecule has 4 rings (SSSR count). The van der Waals surface area contributed by atoms with E-state index >= 15 is 0 Å². The minimum atomic E-state index is 0.0708. The minimum absolute atomic E-state index is 0.0708. The number of hydrogen-bond donors (Lipinski definition) is 1.